The van der Waals surface area contributed by atoms with Crippen LogP contribution in [0, 0.1) is 5.82 Å². The first kappa shape index (κ1) is 18.1. The molecule has 2 aromatic heterocycles. The molecule has 7 nitrogen and oxygen atoms in total. The van der Waals surface area contributed by atoms with E-state index >= 15 is 0 Å². The molecule has 0 spiro atoms. The van der Waals surface area contributed by atoms with Crippen molar-refractivity contribution in [3.63, 3.8) is 0 Å². The fourth-order valence-electron chi connectivity index (χ4n) is 3.46. The summed E-state index contributed by atoms with van der Waals surface area (Å²) in [6.45, 7) is 4.62. The number of anilines is 1. The molecule has 1 aliphatic rings. The summed E-state index contributed by atoms with van der Waals surface area (Å²) in [7, 11) is 0. The Bertz CT molecular complexity index is 949. The Hall–Kier alpha value is -3.29. The van der Waals surface area contributed by atoms with Gasteiger partial charge in [-0.15, -0.1) is 0 Å². The zero-order valence-electron chi connectivity index (χ0n) is 15.6. The van der Waals surface area contributed by atoms with Gasteiger partial charge in [-0.1, -0.05) is 6.92 Å². The van der Waals surface area contributed by atoms with Crippen molar-refractivity contribution in [1.29, 1.82) is 0 Å². The maximum atomic E-state index is 13.2. The lowest BCUT2D eigenvalue weighted by atomic mass is 10.1. The molecule has 1 aliphatic heterocycles. The molecule has 4 rings (SSSR count). The zero-order valence-corrected chi connectivity index (χ0v) is 15.6. The number of benzene rings is 1. The summed E-state index contributed by atoms with van der Waals surface area (Å²) in [6.07, 6.45) is 7.32. The van der Waals surface area contributed by atoms with E-state index < -0.39 is 0 Å². The first-order chi connectivity index (χ1) is 13.7. The van der Waals surface area contributed by atoms with Crippen molar-refractivity contribution in [3.05, 3.63) is 66.1 Å². The number of halogens is 1. The van der Waals surface area contributed by atoms with Gasteiger partial charge in [0.2, 0.25) is 0 Å². The van der Waals surface area contributed by atoms with E-state index in [0.717, 1.165) is 17.2 Å². The number of hydrogen-bond acceptors (Lipinski definition) is 5. The van der Waals surface area contributed by atoms with Gasteiger partial charge in [-0.25, -0.2) is 14.1 Å². The number of hydrogen-bond donors (Lipinski definition) is 0. The maximum Gasteiger partial charge on any atom is 0.257 e. The van der Waals surface area contributed by atoms with Crippen molar-refractivity contribution in [2.24, 2.45) is 0 Å². The number of aromatic nitrogens is 4. The van der Waals surface area contributed by atoms with E-state index in [1.807, 2.05) is 11.8 Å². The summed E-state index contributed by atoms with van der Waals surface area (Å²) in [5.74, 6) is 0.503. The standard InChI is InChI=1S/C20H21FN6O/c1-2-18-17(13-24-27(18)16-5-3-15(21)4-6-16)20(28)26-11-9-25(10-12-26)19-14-22-7-8-23-19/h3-8,13-14H,2,9-12H2,1H3. The Balaban J connectivity index is 1.50. The number of rotatable bonds is 4. The highest BCUT2D eigenvalue weighted by molar-refractivity contribution is 5.95. The summed E-state index contributed by atoms with van der Waals surface area (Å²) in [6, 6.07) is 6.11. The van der Waals surface area contributed by atoms with Crippen LogP contribution < -0.4 is 4.90 Å². The molecule has 144 valence electrons. The first-order valence-corrected chi connectivity index (χ1v) is 9.30. The van der Waals surface area contributed by atoms with E-state index in [1.54, 1.807) is 41.6 Å². The minimum absolute atomic E-state index is 0.0241. The molecule has 0 atom stereocenters. The normalized spacial score (nSPS) is 14.4. The molecule has 0 aliphatic carbocycles. The fourth-order valence-corrected chi connectivity index (χ4v) is 3.46. The topological polar surface area (TPSA) is 67.2 Å². The van der Waals surface area contributed by atoms with Crippen LogP contribution in [-0.4, -0.2) is 56.7 Å². The molecule has 0 N–H and O–H groups in total. The van der Waals surface area contributed by atoms with Gasteiger partial charge in [0, 0.05) is 38.6 Å². The van der Waals surface area contributed by atoms with Crippen molar-refractivity contribution in [2.45, 2.75) is 13.3 Å². The summed E-state index contributed by atoms with van der Waals surface area (Å²) < 4.78 is 14.9. The van der Waals surface area contributed by atoms with Gasteiger partial charge in [0.1, 0.15) is 11.6 Å². The molecule has 1 amide bonds. The van der Waals surface area contributed by atoms with E-state index in [2.05, 4.69) is 20.0 Å². The second kappa shape index (κ2) is 7.75. The third-order valence-corrected chi connectivity index (χ3v) is 4.95. The van der Waals surface area contributed by atoms with Crippen LogP contribution in [0.1, 0.15) is 23.0 Å². The minimum atomic E-state index is -0.300. The minimum Gasteiger partial charge on any atom is -0.352 e. The second-order valence-electron chi connectivity index (χ2n) is 6.59. The molecular weight excluding hydrogens is 359 g/mol. The SMILES string of the molecule is CCc1c(C(=O)N2CCN(c3cnccn3)CC2)cnn1-c1ccc(F)cc1. The van der Waals surface area contributed by atoms with E-state index in [0.29, 0.717) is 38.2 Å². The van der Waals surface area contributed by atoms with Crippen LogP contribution >= 0.6 is 0 Å². The lowest BCUT2D eigenvalue weighted by molar-refractivity contribution is 0.0745. The number of carbonyl (C=O) groups is 1. The molecule has 1 fully saturated rings. The summed E-state index contributed by atoms with van der Waals surface area (Å²) in [5.41, 5.74) is 2.16. The molecule has 8 heteroatoms. The number of amides is 1. The van der Waals surface area contributed by atoms with Crippen LogP contribution in [0.3, 0.4) is 0 Å². The summed E-state index contributed by atoms with van der Waals surface area (Å²) in [4.78, 5) is 25.5. The van der Waals surface area contributed by atoms with Gasteiger partial charge in [-0.3, -0.25) is 9.78 Å². The molecular formula is C20H21FN6O. The number of nitrogens with zero attached hydrogens (tertiary/aromatic N) is 6. The fraction of sp³-hybridized carbons (Fsp3) is 0.300. The highest BCUT2D eigenvalue weighted by Gasteiger charge is 2.26. The zero-order chi connectivity index (χ0) is 19.5. The van der Waals surface area contributed by atoms with Gasteiger partial charge in [0.05, 0.1) is 29.3 Å². The van der Waals surface area contributed by atoms with Crippen LogP contribution in [-0.2, 0) is 6.42 Å². The van der Waals surface area contributed by atoms with Crippen LogP contribution in [0.25, 0.3) is 5.69 Å². The quantitative estimate of drug-likeness (QED) is 0.695. The Morgan fingerprint density at radius 2 is 1.82 bits per heavy atom. The average Bonchev–Trinajstić information content (AvgIpc) is 3.18. The van der Waals surface area contributed by atoms with Crippen molar-refractivity contribution >= 4 is 11.7 Å². The smallest absolute Gasteiger partial charge is 0.257 e. The molecule has 0 bridgehead atoms. The Morgan fingerprint density at radius 3 is 2.46 bits per heavy atom. The number of carbonyl (C=O) groups excluding carboxylic acids is 1. The van der Waals surface area contributed by atoms with Gasteiger partial charge in [-0.05, 0) is 30.7 Å². The van der Waals surface area contributed by atoms with E-state index in [-0.39, 0.29) is 11.7 Å². The Morgan fingerprint density at radius 1 is 1.07 bits per heavy atom. The van der Waals surface area contributed by atoms with Crippen LogP contribution in [0.5, 0.6) is 0 Å². The molecule has 28 heavy (non-hydrogen) atoms. The molecule has 1 saturated heterocycles. The Labute approximate surface area is 162 Å². The lowest BCUT2D eigenvalue weighted by Gasteiger charge is -2.35. The van der Waals surface area contributed by atoms with Gasteiger partial charge in [0.25, 0.3) is 5.91 Å². The summed E-state index contributed by atoms with van der Waals surface area (Å²) in [5, 5.41) is 4.38. The molecule has 3 heterocycles. The molecule has 0 unspecified atom stereocenters. The van der Waals surface area contributed by atoms with Crippen LogP contribution in [0.4, 0.5) is 10.2 Å². The van der Waals surface area contributed by atoms with Gasteiger partial charge < -0.3 is 9.80 Å². The summed E-state index contributed by atoms with van der Waals surface area (Å²) >= 11 is 0. The van der Waals surface area contributed by atoms with Crippen molar-refractivity contribution in [3.8, 4) is 5.69 Å². The van der Waals surface area contributed by atoms with E-state index in [1.165, 1.54) is 12.1 Å². The predicted octanol–water partition coefficient (Wildman–Crippen LogP) is 2.33. The van der Waals surface area contributed by atoms with Gasteiger partial charge in [-0.2, -0.15) is 5.10 Å². The third kappa shape index (κ3) is 3.45. The molecule has 0 radical (unpaired) electrons. The van der Waals surface area contributed by atoms with Crippen molar-refractivity contribution < 1.29 is 9.18 Å². The second-order valence-corrected chi connectivity index (χ2v) is 6.59. The third-order valence-electron chi connectivity index (χ3n) is 4.95. The number of piperazine rings is 1. The van der Waals surface area contributed by atoms with Crippen LogP contribution in [0.15, 0.2) is 49.1 Å². The highest BCUT2D eigenvalue weighted by Crippen LogP contribution is 2.19. The predicted molar refractivity (Wildman–Crippen MR) is 103 cm³/mol. The van der Waals surface area contributed by atoms with Gasteiger partial charge in [0.15, 0.2) is 0 Å². The van der Waals surface area contributed by atoms with Crippen molar-refractivity contribution in [1.82, 2.24) is 24.6 Å². The monoisotopic (exact) mass is 380 g/mol. The maximum absolute atomic E-state index is 13.2. The first-order valence-electron chi connectivity index (χ1n) is 9.30. The van der Waals surface area contributed by atoms with Crippen molar-refractivity contribution in [2.75, 3.05) is 31.1 Å². The highest BCUT2D eigenvalue weighted by atomic mass is 19.1. The van der Waals surface area contributed by atoms with E-state index in [9.17, 15) is 9.18 Å². The lowest BCUT2D eigenvalue weighted by Crippen LogP contribution is -2.49. The Kier molecular flexibility index (Phi) is 5.01. The largest absolute Gasteiger partial charge is 0.352 e. The molecule has 1 aromatic carbocycles. The van der Waals surface area contributed by atoms with Gasteiger partial charge >= 0.3 is 0 Å². The average molecular weight is 380 g/mol. The molecule has 3 aromatic rings. The van der Waals surface area contributed by atoms with Crippen LogP contribution in [0.2, 0.25) is 0 Å². The van der Waals surface area contributed by atoms with E-state index in [4.69, 9.17) is 0 Å². The molecule has 0 saturated carbocycles.